The highest BCUT2D eigenvalue weighted by atomic mass is 32.2. The van der Waals surface area contributed by atoms with Crippen LogP contribution in [0.5, 0.6) is 5.75 Å². The smallest absolute Gasteiger partial charge is 0.144 e. The zero-order valence-electron chi connectivity index (χ0n) is 8.23. The molecule has 0 saturated heterocycles. The van der Waals surface area contributed by atoms with E-state index in [1.807, 2.05) is 0 Å². The fourth-order valence-corrected chi connectivity index (χ4v) is 1.56. The Morgan fingerprint density at radius 3 is 2.40 bits per heavy atom. The van der Waals surface area contributed by atoms with Gasteiger partial charge in [0.2, 0.25) is 0 Å². The SMILES string of the molecule is CC(C)Oc1ccc(S(=O)(=O)[O-])c(F)c1. The van der Waals surface area contributed by atoms with Crippen molar-refractivity contribution < 1.29 is 22.1 Å². The Morgan fingerprint density at radius 1 is 1.40 bits per heavy atom. The van der Waals surface area contributed by atoms with Gasteiger partial charge in [0, 0.05) is 6.07 Å². The predicted octanol–water partition coefficient (Wildman–Crippen LogP) is 1.52. The standard InChI is InChI=1S/C9H11FO4S/c1-6(2)14-7-3-4-9(8(10)5-7)15(11,12)13/h3-6H,1-2H3,(H,11,12,13)/p-1. The summed E-state index contributed by atoms with van der Waals surface area (Å²) in [6.07, 6.45) is -0.154. The van der Waals surface area contributed by atoms with Crippen molar-refractivity contribution in [2.45, 2.75) is 24.8 Å². The second kappa shape index (κ2) is 4.16. The molecule has 84 valence electrons. The molecule has 15 heavy (non-hydrogen) atoms. The normalized spacial score (nSPS) is 11.8. The van der Waals surface area contributed by atoms with Crippen LogP contribution in [-0.2, 0) is 10.1 Å². The van der Waals surface area contributed by atoms with Gasteiger partial charge in [0.25, 0.3) is 0 Å². The van der Waals surface area contributed by atoms with Crippen molar-refractivity contribution in [1.29, 1.82) is 0 Å². The summed E-state index contributed by atoms with van der Waals surface area (Å²) in [7, 11) is -4.76. The van der Waals surface area contributed by atoms with E-state index in [-0.39, 0.29) is 11.9 Å². The lowest BCUT2D eigenvalue weighted by Crippen LogP contribution is -2.07. The van der Waals surface area contributed by atoms with Gasteiger partial charge >= 0.3 is 0 Å². The predicted molar refractivity (Wildman–Crippen MR) is 50.1 cm³/mol. The molecule has 0 N–H and O–H groups in total. The number of hydrogen-bond donors (Lipinski definition) is 0. The summed E-state index contributed by atoms with van der Waals surface area (Å²) >= 11 is 0. The third-order valence-corrected chi connectivity index (χ3v) is 2.41. The Bertz CT molecular complexity index is 453. The van der Waals surface area contributed by atoms with Crippen LogP contribution in [0.3, 0.4) is 0 Å². The Labute approximate surface area is 87.4 Å². The van der Waals surface area contributed by atoms with Gasteiger partial charge in [-0.3, -0.25) is 0 Å². The van der Waals surface area contributed by atoms with E-state index in [4.69, 9.17) is 4.74 Å². The van der Waals surface area contributed by atoms with E-state index in [1.165, 1.54) is 6.07 Å². The van der Waals surface area contributed by atoms with E-state index < -0.39 is 20.8 Å². The van der Waals surface area contributed by atoms with Crippen molar-refractivity contribution in [3.63, 3.8) is 0 Å². The van der Waals surface area contributed by atoms with Crippen molar-refractivity contribution in [3.05, 3.63) is 24.0 Å². The van der Waals surface area contributed by atoms with Crippen molar-refractivity contribution >= 4 is 10.1 Å². The molecule has 1 aromatic rings. The largest absolute Gasteiger partial charge is 0.744 e. The van der Waals surface area contributed by atoms with Gasteiger partial charge in [0.05, 0.1) is 11.0 Å². The maximum Gasteiger partial charge on any atom is 0.144 e. The van der Waals surface area contributed by atoms with Crippen LogP contribution in [0.15, 0.2) is 23.1 Å². The molecule has 0 aliphatic carbocycles. The summed E-state index contributed by atoms with van der Waals surface area (Å²) in [6, 6.07) is 3.02. The first kappa shape index (κ1) is 11.9. The molecule has 0 unspecified atom stereocenters. The van der Waals surface area contributed by atoms with Gasteiger partial charge < -0.3 is 9.29 Å². The Balaban J connectivity index is 3.09. The minimum Gasteiger partial charge on any atom is -0.744 e. The molecule has 1 rings (SSSR count). The summed E-state index contributed by atoms with van der Waals surface area (Å²) in [5.74, 6) is -0.905. The van der Waals surface area contributed by atoms with E-state index in [1.54, 1.807) is 13.8 Å². The third-order valence-electron chi connectivity index (χ3n) is 1.54. The number of ether oxygens (including phenoxy) is 1. The molecule has 0 heterocycles. The summed E-state index contributed by atoms with van der Waals surface area (Å²) in [4.78, 5) is -0.862. The molecule has 0 amide bonds. The monoisotopic (exact) mass is 233 g/mol. The number of rotatable bonds is 3. The van der Waals surface area contributed by atoms with Crippen LogP contribution in [0, 0.1) is 5.82 Å². The lowest BCUT2D eigenvalue weighted by molar-refractivity contribution is 0.241. The molecule has 0 fully saturated rings. The molecule has 0 atom stereocenters. The minimum absolute atomic E-state index is 0.154. The molecule has 4 nitrogen and oxygen atoms in total. The van der Waals surface area contributed by atoms with Gasteiger partial charge in [0.1, 0.15) is 21.7 Å². The van der Waals surface area contributed by atoms with Crippen LogP contribution < -0.4 is 4.74 Å². The van der Waals surface area contributed by atoms with Crippen molar-refractivity contribution in [3.8, 4) is 5.75 Å². The molecule has 0 aliphatic heterocycles. The average molecular weight is 233 g/mol. The van der Waals surface area contributed by atoms with Crippen molar-refractivity contribution in [1.82, 2.24) is 0 Å². The van der Waals surface area contributed by atoms with E-state index >= 15 is 0 Å². The van der Waals surface area contributed by atoms with E-state index in [9.17, 15) is 17.4 Å². The summed E-state index contributed by atoms with van der Waals surface area (Å²) in [5, 5.41) is 0. The fraction of sp³-hybridized carbons (Fsp3) is 0.333. The average Bonchev–Trinajstić information content (AvgIpc) is 1.99. The summed E-state index contributed by atoms with van der Waals surface area (Å²) in [5.41, 5.74) is 0. The fourth-order valence-electron chi connectivity index (χ4n) is 1.03. The molecule has 0 aromatic heterocycles. The zero-order chi connectivity index (χ0) is 11.6. The molecule has 1 aromatic carbocycles. The first-order valence-corrected chi connectivity index (χ1v) is 5.63. The lowest BCUT2D eigenvalue weighted by Gasteiger charge is -2.12. The highest BCUT2D eigenvalue weighted by Gasteiger charge is 2.10. The first-order valence-electron chi connectivity index (χ1n) is 4.23. The molecular weight excluding hydrogens is 223 g/mol. The summed E-state index contributed by atoms with van der Waals surface area (Å²) in [6.45, 7) is 3.49. The molecular formula is C9H10FO4S-. The van der Waals surface area contributed by atoms with Gasteiger partial charge in [-0.05, 0) is 26.0 Å². The minimum atomic E-state index is -4.76. The highest BCUT2D eigenvalue weighted by Crippen LogP contribution is 2.20. The molecule has 0 saturated carbocycles. The van der Waals surface area contributed by atoms with Crippen LogP contribution in [-0.4, -0.2) is 19.1 Å². The van der Waals surface area contributed by atoms with Gasteiger partial charge in [-0.2, -0.15) is 0 Å². The van der Waals surface area contributed by atoms with Crippen LogP contribution in [0.2, 0.25) is 0 Å². The van der Waals surface area contributed by atoms with Crippen LogP contribution in [0.25, 0.3) is 0 Å². The number of benzene rings is 1. The Kier molecular flexibility index (Phi) is 3.31. The molecule has 6 heteroatoms. The molecule has 0 aliphatic rings. The molecule has 0 spiro atoms. The Morgan fingerprint density at radius 2 is 2.00 bits per heavy atom. The Hall–Kier alpha value is -1.14. The lowest BCUT2D eigenvalue weighted by atomic mass is 10.3. The zero-order valence-corrected chi connectivity index (χ0v) is 9.05. The first-order chi connectivity index (χ1) is 6.80. The summed E-state index contributed by atoms with van der Waals surface area (Å²) < 4.78 is 49.9. The topological polar surface area (TPSA) is 66.4 Å². The van der Waals surface area contributed by atoms with E-state index in [0.717, 1.165) is 12.1 Å². The van der Waals surface area contributed by atoms with Crippen molar-refractivity contribution in [2.24, 2.45) is 0 Å². The van der Waals surface area contributed by atoms with E-state index in [2.05, 4.69) is 0 Å². The van der Waals surface area contributed by atoms with Gasteiger partial charge in [0.15, 0.2) is 0 Å². The number of halogens is 1. The molecule has 0 bridgehead atoms. The molecule has 0 radical (unpaired) electrons. The second-order valence-corrected chi connectivity index (χ2v) is 4.56. The van der Waals surface area contributed by atoms with Gasteiger partial charge in [-0.15, -0.1) is 0 Å². The van der Waals surface area contributed by atoms with Crippen LogP contribution in [0.4, 0.5) is 4.39 Å². The van der Waals surface area contributed by atoms with Crippen LogP contribution >= 0.6 is 0 Å². The highest BCUT2D eigenvalue weighted by molar-refractivity contribution is 7.85. The van der Waals surface area contributed by atoms with Crippen molar-refractivity contribution in [2.75, 3.05) is 0 Å². The quantitative estimate of drug-likeness (QED) is 0.742. The second-order valence-electron chi connectivity index (χ2n) is 3.21. The number of hydrogen-bond acceptors (Lipinski definition) is 4. The maximum absolute atomic E-state index is 13.1. The third kappa shape index (κ3) is 3.17. The maximum atomic E-state index is 13.1. The van der Waals surface area contributed by atoms with E-state index in [0.29, 0.717) is 0 Å². The van der Waals surface area contributed by atoms with Crippen LogP contribution in [0.1, 0.15) is 13.8 Å². The van der Waals surface area contributed by atoms with Gasteiger partial charge in [-0.25, -0.2) is 12.8 Å². The van der Waals surface area contributed by atoms with Gasteiger partial charge in [-0.1, -0.05) is 0 Å².